The maximum atomic E-state index is 8.98. The zero-order valence-electron chi connectivity index (χ0n) is 12.2. The van der Waals surface area contributed by atoms with Crippen molar-refractivity contribution in [3.05, 3.63) is 47.2 Å². The van der Waals surface area contributed by atoms with Gasteiger partial charge in [-0.2, -0.15) is 5.26 Å². The van der Waals surface area contributed by atoms with Crippen LogP contribution in [0.15, 0.2) is 24.5 Å². The predicted octanol–water partition coefficient (Wildman–Crippen LogP) is 2.46. The number of anilines is 1. The normalized spacial score (nSPS) is 13.3. The molecule has 0 spiro atoms. The molecule has 0 saturated heterocycles. The SMILES string of the molecule is CC(C)Cc1ncc2c(n1)CN(c1cc(C#N)ccn1)C2. The second-order valence-corrected chi connectivity index (χ2v) is 5.73. The third-order valence-electron chi connectivity index (χ3n) is 3.50. The van der Waals surface area contributed by atoms with Crippen molar-refractivity contribution in [2.24, 2.45) is 5.92 Å². The predicted molar refractivity (Wildman–Crippen MR) is 79.4 cm³/mol. The van der Waals surface area contributed by atoms with Crippen molar-refractivity contribution >= 4 is 5.82 Å². The van der Waals surface area contributed by atoms with Crippen LogP contribution in [-0.2, 0) is 19.5 Å². The molecular formula is C16H17N5. The highest BCUT2D eigenvalue weighted by Crippen LogP contribution is 2.25. The first-order chi connectivity index (χ1) is 10.2. The fourth-order valence-corrected chi connectivity index (χ4v) is 2.48. The molecule has 0 radical (unpaired) electrons. The summed E-state index contributed by atoms with van der Waals surface area (Å²) in [5.74, 6) is 2.27. The second kappa shape index (κ2) is 5.49. The number of hydrogen-bond donors (Lipinski definition) is 0. The number of rotatable bonds is 3. The van der Waals surface area contributed by atoms with Gasteiger partial charge in [0.2, 0.25) is 0 Å². The lowest BCUT2D eigenvalue weighted by Crippen LogP contribution is -2.16. The van der Waals surface area contributed by atoms with Crippen LogP contribution in [0.1, 0.15) is 36.5 Å². The Morgan fingerprint density at radius 1 is 1.33 bits per heavy atom. The van der Waals surface area contributed by atoms with Crippen molar-refractivity contribution in [2.75, 3.05) is 4.90 Å². The van der Waals surface area contributed by atoms with Crippen LogP contribution in [0.4, 0.5) is 5.82 Å². The highest BCUT2D eigenvalue weighted by molar-refractivity contribution is 5.48. The third kappa shape index (κ3) is 2.84. The summed E-state index contributed by atoms with van der Waals surface area (Å²) in [6.45, 7) is 5.81. The molecule has 3 rings (SSSR count). The summed E-state index contributed by atoms with van der Waals surface area (Å²) in [6.07, 6.45) is 4.50. The van der Waals surface area contributed by atoms with E-state index in [1.54, 1.807) is 12.3 Å². The first kappa shape index (κ1) is 13.5. The molecule has 0 saturated carbocycles. The van der Waals surface area contributed by atoms with Gasteiger partial charge in [0.15, 0.2) is 0 Å². The van der Waals surface area contributed by atoms with Gasteiger partial charge in [-0.15, -0.1) is 0 Å². The molecule has 0 aromatic carbocycles. The van der Waals surface area contributed by atoms with Gasteiger partial charge in [-0.25, -0.2) is 15.0 Å². The van der Waals surface area contributed by atoms with E-state index in [9.17, 15) is 0 Å². The smallest absolute Gasteiger partial charge is 0.130 e. The van der Waals surface area contributed by atoms with Crippen LogP contribution in [0.3, 0.4) is 0 Å². The largest absolute Gasteiger partial charge is 0.346 e. The van der Waals surface area contributed by atoms with Crippen molar-refractivity contribution in [1.29, 1.82) is 5.26 Å². The van der Waals surface area contributed by atoms with E-state index in [0.29, 0.717) is 11.5 Å². The maximum absolute atomic E-state index is 8.98. The Morgan fingerprint density at radius 2 is 2.19 bits per heavy atom. The van der Waals surface area contributed by atoms with Gasteiger partial charge in [0.1, 0.15) is 11.6 Å². The summed E-state index contributed by atoms with van der Waals surface area (Å²) < 4.78 is 0. The van der Waals surface area contributed by atoms with Crippen LogP contribution in [0.25, 0.3) is 0 Å². The minimum absolute atomic E-state index is 0.550. The second-order valence-electron chi connectivity index (χ2n) is 5.73. The van der Waals surface area contributed by atoms with Gasteiger partial charge in [0.25, 0.3) is 0 Å². The molecule has 5 heteroatoms. The molecule has 1 aliphatic heterocycles. The molecule has 5 nitrogen and oxygen atoms in total. The molecular weight excluding hydrogens is 262 g/mol. The van der Waals surface area contributed by atoms with Crippen molar-refractivity contribution in [3.63, 3.8) is 0 Å². The number of nitrogens with zero attached hydrogens (tertiary/aromatic N) is 5. The van der Waals surface area contributed by atoms with Gasteiger partial charge in [-0.05, 0) is 18.1 Å². The van der Waals surface area contributed by atoms with Gasteiger partial charge in [-0.3, -0.25) is 0 Å². The minimum Gasteiger partial charge on any atom is -0.346 e. The summed E-state index contributed by atoms with van der Waals surface area (Å²) >= 11 is 0. The molecule has 106 valence electrons. The summed E-state index contributed by atoms with van der Waals surface area (Å²) in [5, 5.41) is 8.98. The van der Waals surface area contributed by atoms with Crippen molar-refractivity contribution in [2.45, 2.75) is 33.4 Å². The molecule has 2 aromatic rings. The van der Waals surface area contributed by atoms with Crippen LogP contribution in [0.2, 0.25) is 0 Å². The van der Waals surface area contributed by atoms with Gasteiger partial charge in [0, 0.05) is 30.9 Å². The Hall–Kier alpha value is -2.48. The molecule has 3 heterocycles. The van der Waals surface area contributed by atoms with Crippen molar-refractivity contribution in [3.8, 4) is 6.07 Å². The van der Waals surface area contributed by atoms with E-state index < -0.39 is 0 Å². The number of hydrogen-bond acceptors (Lipinski definition) is 5. The van der Waals surface area contributed by atoms with Gasteiger partial charge >= 0.3 is 0 Å². The number of fused-ring (bicyclic) bond motifs is 1. The topological polar surface area (TPSA) is 65.7 Å². The Kier molecular flexibility index (Phi) is 3.53. The standard InChI is InChI=1S/C16H17N5/c1-11(2)5-15-19-8-13-9-21(10-14(13)20-15)16-6-12(7-17)3-4-18-16/h3-4,6,8,11H,5,9-10H2,1-2H3. The Labute approximate surface area is 124 Å². The Bertz CT molecular complexity index is 702. The molecule has 0 N–H and O–H groups in total. The van der Waals surface area contributed by atoms with E-state index in [-0.39, 0.29) is 0 Å². The van der Waals surface area contributed by atoms with Crippen LogP contribution < -0.4 is 4.90 Å². The molecule has 0 aliphatic carbocycles. The Balaban J connectivity index is 1.82. The third-order valence-corrected chi connectivity index (χ3v) is 3.50. The number of aromatic nitrogens is 3. The molecule has 0 atom stereocenters. The zero-order valence-corrected chi connectivity index (χ0v) is 12.2. The number of pyridine rings is 1. The van der Waals surface area contributed by atoms with Gasteiger partial charge in [-0.1, -0.05) is 13.8 Å². The quantitative estimate of drug-likeness (QED) is 0.863. The van der Waals surface area contributed by atoms with Crippen molar-refractivity contribution in [1.82, 2.24) is 15.0 Å². The minimum atomic E-state index is 0.550. The van der Waals surface area contributed by atoms with E-state index in [1.165, 1.54) is 0 Å². The van der Waals surface area contributed by atoms with Crippen LogP contribution in [0.5, 0.6) is 0 Å². The first-order valence-electron chi connectivity index (χ1n) is 7.10. The summed E-state index contributed by atoms with van der Waals surface area (Å²) in [7, 11) is 0. The van der Waals surface area contributed by atoms with Gasteiger partial charge < -0.3 is 4.90 Å². The highest BCUT2D eigenvalue weighted by Gasteiger charge is 2.22. The molecule has 21 heavy (non-hydrogen) atoms. The average Bonchev–Trinajstić information content (AvgIpc) is 2.90. The molecule has 0 unspecified atom stereocenters. The zero-order chi connectivity index (χ0) is 14.8. The van der Waals surface area contributed by atoms with Gasteiger partial charge in [0.05, 0.1) is 23.9 Å². The number of nitriles is 1. The lowest BCUT2D eigenvalue weighted by molar-refractivity contribution is 0.617. The summed E-state index contributed by atoms with van der Waals surface area (Å²) in [6, 6.07) is 5.68. The fourth-order valence-electron chi connectivity index (χ4n) is 2.48. The lowest BCUT2D eigenvalue weighted by atomic mass is 10.1. The Morgan fingerprint density at radius 3 is 2.95 bits per heavy atom. The molecule has 2 aromatic heterocycles. The van der Waals surface area contributed by atoms with E-state index in [4.69, 9.17) is 5.26 Å². The van der Waals surface area contributed by atoms with E-state index in [0.717, 1.165) is 42.4 Å². The molecule has 0 bridgehead atoms. The summed E-state index contributed by atoms with van der Waals surface area (Å²) in [5.41, 5.74) is 2.85. The fraction of sp³-hybridized carbons (Fsp3) is 0.375. The van der Waals surface area contributed by atoms with Crippen molar-refractivity contribution < 1.29 is 0 Å². The molecule has 1 aliphatic rings. The molecule has 0 amide bonds. The van der Waals surface area contributed by atoms with Crippen LogP contribution >= 0.6 is 0 Å². The van der Waals surface area contributed by atoms with E-state index in [1.807, 2.05) is 12.3 Å². The highest BCUT2D eigenvalue weighted by atomic mass is 15.2. The van der Waals surface area contributed by atoms with Crippen LogP contribution in [-0.4, -0.2) is 15.0 Å². The summed E-state index contributed by atoms with van der Waals surface area (Å²) in [4.78, 5) is 15.6. The maximum Gasteiger partial charge on any atom is 0.130 e. The van der Waals surface area contributed by atoms with E-state index in [2.05, 4.69) is 39.8 Å². The lowest BCUT2D eigenvalue weighted by Gasteiger charge is -2.15. The first-order valence-corrected chi connectivity index (χ1v) is 7.10. The monoisotopic (exact) mass is 279 g/mol. The average molecular weight is 279 g/mol. The van der Waals surface area contributed by atoms with E-state index >= 15 is 0 Å². The molecule has 0 fully saturated rings. The van der Waals surface area contributed by atoms with Crippen LogP contribution in [0, 0.1) is 17.2 Å².